The van der Waals surface area contributed by atoms with Crippen molar-refractivity contribution >= 4 is 0 Å². The fourth-order valence-corrected chi connectivity index (χ4v) is 0.755. The van der Waals surface area contributed by atoms with E-state index in [1.165, 1.54) is 12.1 Å². The quantitative estimate of drug-likeness (QED) is 0.650. The maximum atomic E-state index is 10.7. The summed E-state index contributed by atoms with van der Waals surface area (Å²) in [5.74, 6) is 1.33. The molecule has 0 N–H and O–H groups in total. The summed E-state index contributed by atoms with van der Waals surface area (Å²) in [6, 6.07) is 2.93. The summed E-state index contributed by atoms with van der Waals surface area (Å²) in [5, 5.41) is 0. The topological polar surface area (TPSA) is 30.2 Å². The maximum Gasteiger partial charge on any atom is 0.185 e. The summed E-state index contributed by atoms with van der Waals surface area (Å²) >= 11 is 0. The van der Waals surface area contributed by atoms with Crippen LogP contribution in [0.25, 0.3) is 0 Å². The number of hydrogen-bond donors (Lipinski definition) is 0. The van der Waals surface area contributed by atoms with Crippen molar-refractivity contribution < 1.29 is 23.0 Å². The molecule has 0 saturated heterocycles. The summed E-state index contributed by atoms with van der Waals surface area (Å²) in [5.41, 5.74) is 0.0104. The van der Waals surface area contributed by atoms with E-state index in [1.54, 1.807) is 13.8 Å². The van der Waals surface area contributed by atoms with E-state index >= 15 is 0 Å². The Labute approximate surface area is 84.9 Å². The molecule has 0 aliphatic rings. The zero-order valence-electron chi connectivity index (χ0n) is 7.92. The minimum atomic E-state index is 0. The van der Waals surface area contributed by atoms with E-state index in [1.807, 2.05) is 13.8 Å². The van der Waals surface area contributed by atoms with Crippen LogP contribution in [0.5, 0.6) is 0 Å². The number of hydrogen-bond acceptors (Lipinski definition) is 2. The smallest absolute Gasteiger partial charge is 0.185 e. The molecule has 0 fully saturated rings. The number of aryl methyl sites for hydroxylation is 2. The molecule has 1 aromatic rings. The van der Waals surface area contributed by atoms with Crippen LogP contribution in [0, 0.1) is 13.8 Å². The van der Waals surface area contributed by atoms with E-state index in [2.05, 4.69) is 0 Å². The van der Waals surface area contributed by atoms with Gasteiger partial charge in [0.2, 0.25) is 0 Å². The summed E-state index contributed by atoms with van der Waals surface area (Å²) < 4.78 is 5.06. The maximum absolute atomic E-state index is 10.7. The molecule has 12 heavy (non-hydrogen) atoms. The van der Waals surface area contributed by atoms with Crippen molar-refractivity contribution in [2.24, 2.45) is 0 Å². The molecule has 1 heterocycles. The van der Waals surface area contributed by atoms with Gasteiger partial charge in [-0.3, -0.25) is 4.79 Å². The van der Waals surface area contributed by atoms with Crippen molar-refractivity contribution in [2.75, 3.05) is 0 Å². The zero-order valence-corrected chi connectivity index (χ0v) is 9.32. The minimum Gasteiger partial charge on any atom is -0.466 e. The van der Waals surface area contributed by atoms with E-state index in [0.717, 1.165) is 0 Å². The van der Waals surface area contributed by atoms with Gasteiger partial charge in [0, 0.05) is 30.7 Å². The molecule has 1 aromatic heterocycles. The fraction of sp³-hybridized carbons (Fsp3) is 0.444. The van der Waals surface area contributed by atoms with Gasteiger partial charge >= 0.3 is 0 Å². The van der Waals surface area contributed by atoms with Crippen LogP contribution in [0.1, 0.15) is 25.4 Å². The van der Waals surface area contributed by atoms with Gasteiger partial charge in [-0.15, -0.1) is 0 Å². The standard InChI is InChI=1S/C7H8O2.C2H6.V/c1-5-3-7(8)4-6(2)9-5;1-2;/h3-4H,1-2H3;1-2H3;. The van der Waals surface area contributed by atoms with E-state index in [9.17, 15) is 4.79 Å². The van der Waals surface area contributed by atoms with Crippen molar-refractivity contribution in [3.63, 3.8) is 0 Å². The van der Waals surface area contributed by atoms with Crippen molar-refractivity contribution in [2.45, 2.75) is 27.7 Å². The SMILES string of the molecule is CC.Cc1cc(=O)cc(C)o1.[V]. The van der Waals surface area contributed by atoms with Crippen LogP contribution in [0.2, 0.25) is 0 Å². The zero-order chi connectivity index (χ0) is 8.85. The minimum absolute atomic E-state index is 0. The molecule has 0 aliphatic heterocycles. The molecule has 0 saturated carbocycles. The Bertz CT molecular complexity index is 242. The van der Waals surface area contributed by atoms with Crippen molar-refractivity contribution in [1.82, 2.24) is 0 Å². The van der Waals surface area contributed by atoms with Crippen LogP contribution in [-0.4, -0.2) is 0 Å². The van der Waals surface area contributed by atoms with Crippen LogP contribution in [0.3, 0.4) is 0 Å². The molecule has 0 spiro atoms. The summed E-state index contributed by atoms with van der Waals surface area (Å²) in [7, 11) is 0. The molecule has 0 amide bonds. The molecular weight excluding hydrogens is 191 g/mol. The Hall–Kier alpha value is -0.466. The van der Waals surface area contributed by atoms with Crippen LogP contribution < -0.4 is 5.43 Å². The summed E-state index contributed by atoms with van der Waals surface area (Å²) in [6.45, 7) is 7.52. The van der Waals surface area contributed by atoms with Crippen LogP contribution >= 0.6 is 0 Å². The van der Waals surface area contributed by atoms with E-state index < -0.39 is 0 Å². The van der Waals surface area contributed by atoms with Gasteiger partial charge in [-0.1, -0.05) is 13.8 Å². The van der Waals surface area contributed by atoms with Gasteiger partial charge in [-0.05, 0) is 13.8 Å². The summed E-state index contributed by atoms with van der Waals surface area (Å²) in [4.78, 5) is 10.7. The average molecular weight is 205 g/mol. The van der Waals surface area contributed by atoms with Gasteiger partial charge in [0.05, 0.1) is 0 Å². The predicted molar refractivity (Wildman–Crippen MR) is 45.8 cm³/mol. The second-order valence-corrected chi connectivity index (χ2v) is 2.01. The Morgan fingerprint density at radius 1 is 1.08 bits per heavy atom. The van der Waals surface area contributed by atoms with Crippen molar-refractivity contribution in [3.8, 4) is 0 Å². The monoisotopic (exact) mass is 205 g/mol. The molecule has 1 rings (SSSR count). The Balaban J connectivity index is 0. The molecule has 0 aliphatic carbocycles. The Kier molecular flexibility index (Phi) is 8.45. The molecule has 0 unspecified atom stereocenters. The molecule has 0 aromatic carbocycles. The third-order valence-electron chi connectivity index (χ3n) is 1.01. The predicted octanol–water partition coefficient (Wildman–Crippen LogP) is 2.28. The van der Waals surface area contributed by atoms with E-state index in [-0.39, 0.29) is 24.0 Å². The first-order valence-electron chi connectivity index (χ1n) is 3.77. The molecule has 3 heteroatoms. The average Bonchev–Trinajstić information content (AvgIpc) is 1.88. The van der Waals surface area contributed by atoms with E-state index in [4.69, 9.17) is 4.42 Å². The third-order valence-corrected chi connectivity index (χ3v) is 1.01. The van der Waals surface area contributed by atoms with Gasteiger partial charge in [0.1, 0.15) is 11.5 Å². The van der Waals surface area contributed by atoms with Crippen LogP contribution in [0.4, 0.5) is 0 Å². The molecule has 0 atom stereocenters. The van der Waals surface area contributed by atoms with Crippen LogP contribution in [-0.2, 0) is 18.6 Å². The largest absolute Gasteiger partial charge is 0.466 e. The third kappa shape index (κ3) is 5.22. The van der Waals surface area contributed by atoms with Gasteiger partial charge < -0.3 is 4.42 Å². The first kappa shape index (κ1) is 14.1. The van der Waals surface area contributed by atoms with Crippen molar-refractivity contribution in [3.05, 3.63) is 33.9 Å². The van der Waals surface area contributed by atoms with Crippen LogP contribution in [0.15, 0.2) is 21.3 Å². The Morgan fingerprint density at radius 3 is 1.67 bits per heavy atom. The van der Waals surface area contributed by atoms with Gasteiger partial charge in [0.25, 0.3) is 0 Å². The van der Waals surface area contributed by atoms with Gasteiger partial charge in [0.15, 0.2) is 5.43 Å². The first-order chi connectivity index (χ1) is 5.18. The second kappa shape index (κ2) is 7.20. The normalized spacial score (nSPS) is 7.67. The molecule has 0 bridgehead atoms. The molecule has 1 radical (unpaired) electrons. The number of rotatable bonds is 0. The van der Waals surface area contributed by atoms with Crippen molar-refractivity contribution in [1.29, 1.82) is 0 Å². The van der Waals surface area contributed by atoms with Gasteiger partial charge in [-0.25, -0.2) is 0 Å². The molecule has 67 valence electrons. The van der Waals surface area contributed by atoms with Gasteiger partial charge in [-0.2, -0.15) is 0 Å². The first-order valence-corrected chi connectivity index (χ1v) is 3.77. The fourth-order valence-electron chi connectivity index (χ4n) is 0.755. The van der Waals surface area contributed by atoms with E-state index in [0.29, 0.717) is 11.5 Å². The summed E-state index contributed by atoms with van der Waals surface area (Å²) in [6.07, 6.45) is 0. The Morgan fingerprint density at radius 2 is 1.42 bits per heavy atom. The molecule has 2 nitrogen and oxygen atoms in total. The molecular formula is C9H14O2V. The second-order valence-electron chi connectivity index (χ2n) is 2.01.